The van der Waals surface area contributed by atoms with Crippen LogP contribution in [0.5, 0.6) is 0 Å². The number of aryl methyl sites for hydroxylation is 1. The van der Waals surface area contributed by atoms with Gasteiger partial charge in [0, 0.05) is 31.8 Å². The first-order valence-electron chi connectivity index (χ1n) is 9.45. The van der Waals surface area contributed by atoms with Gasteiger partial charge in [-0.2, -0.15) is 0 Å². The molecule has 1 unspecified atom stereocenters. The number of fused-ring (bicyclic) bond motifs is 1. The molecule has 29 heavy (non-hydrogen) atoms. The van der Waals surface area contributed by atoms with Crippen LogP contribution < -0.4 is 11.2 Å². The first-order chi connectivity index (χ1) is 13.8. The minimum atomic E-state index is -0.423. The normalized spacial score (nSPS) is 12.8. The van der Waals surface area contributed by atoms with Crippen LogP contribution in [0.2, 0.25) is 5.02 Å². The quantitative estimate of drug-likeness (QED) is 0.376. The lowest BCUT2D eigenvalue weighted by atomic mass is 10.1. The minimum Gasteiger partial charge on any atom is -0.396 e. The highest BCUT2D eigenvalue weighted by molar-refractivity contribution is 14.1. The van der Waals surface area contributed by atoms with Gasteiger partial charge in [0.2, 0.25) is 0 Å². The van der Waals surface area contributed by atoms with Crippen LogP contribution in [-0.4, -0.2) is 30.4 Å². The molecule has 9 heteroatoms. The average Bonchev–Trinajstić information content (AvgIpc) is 3.06. The molecule has 1 N–H and O–H groups in total. The predicted octanol–water partition coefficient (Wildman–Crippen LogP) is 3.11. The van der Waals surface area contributed by atoms with Gasteiger partial charge >= 0.3 is 5.69 Å². The Morgan fingerprint density at radius 1 is 1.17 bits per heavy atom. The second-order valence-electron chi connectivity index (χ2n) is 7.38. The lowest BCUT2D eigenvalue weighted by Crippen LogP contribution is -2.40. The van der Waals surface area contributed by atoms with Gasteiger partial charge in [-0.15, -0.1) is 0 Å². The molecular weight excluding hydrogens is 507 g/mol. The van der Waals surface area contributed by atoms with E-state index >= 15 is 0 Å². The average molecular weight is 531 g/mol. The third-order valence-corrected chi connectivity index (χ3v) is 7.14. The lowest BCUT2D eigenvalue weighted by molar-refractivity contribution is 0.277. The van der Waals surface area contributed by atoms with Crippen LogP contribution in [-0.2, 0) is 20.1 Å². The molecule has 0 saturated carbocycles. The number of aromatic nitrogens is 4. The molecule has 0 aliphatic rings. The molecule has 0 aliphatic carbocycles. The maximum atomic E-state index is 13.3. The van der Waals surface area contributed by atoms with Crippen molar-refractivity contribution in [2.45, 2.75) is 37.3 Å². The van der Waals surface area contributed by atoms with Gasteiger partial charge in [-0.05, 0) is 30.0 Å². The van der Waals surface area contributed by atoms with Gasteiger partial charge in [-0.25, -0.2) is 9.78 Å². The van der Waals surface area contributed by atoms with Gasteiger partial charge in [0.15, 0.2) is 11.2 Å². The minimum absolute atomic E-state index is 0.0627. The standard InChI is InChI=1S/C20H24ClIN4O3/c1-12(2)15(22)17-23-18-16(26(17)11-13-5-7-14(21)8-6-13)19(28)25(9-4-10-27)20(29)24(18)3/h5-8,12,15,27H,4,9-11H2,1-3H3. The summed E-state index contributed by atoms with van der Waals surface area (Å²) in [5.74, 6) is 1.06. The number of aliphatic hydroxyl groups excluding tert-OH is 1. The van der Waals surface area contributed by atoms with E-state index in [9.17, 15) is 9.59 Å². The Hall–Kier alpha value is -1.65. The van der Waals surface area contributed by atoms with Gasteiger partial charge < -0.3 is 9.67 Å². The Bertz CT molecular complexity index is 1130. The maximum Gasteiger partial charge on any atom is 0.332 e. The smallest absolute Gasteiger partial charge is 0.332 e. The van der Waals surface area contributed by atoms with Gasteiger partial charge in [-0.3, -0.25) is 13.9 Å². The zero-order valence-corrected chi connectivity index (χ0v) is 19.5. The molecule has 2 heterocycles. The largest absolute Gasteiger partial charge is 0.396 e. The molecule has 7 nitrogen and oxygen atoms in total. The van der Waals surface area contributed by atoms with E-state index in [-0.39, 0.29) is 22.6 Å². The molecule has 156 valence electrons. The molecular formula is C20H24ClIN4O3. The maximum absolute atomic E-state index is 13.3. The van der Waals surface area contributed by atoms with E-state index < -0.39 is 5.69 Å². The summed E-state index contributed by atoms with van der Waals surface area (Å²) in [6.07, 6.45) is 0.333. The molecule has 0 spiro atoms. The summed E-state index contributed by atoms with van der Waals surface area (Å²) in [4.78, 5) is 30.7. The molecule has 0 amide bonds. The van der Waals surface area contributed by atoms with E-state index in [1.165, 1.54) is 9.13 Å². The number of hydrogen-bond acceptors (Lipinski definition) is 4. The predicted molar refractivity (Wildman–Crippen MR) is 123 cm³/mol. The monoisotopic (exact) mass is 530 g/mol. The van der Waals surface area contributed by atoms with Crippen molar-refractivity contribution in [3.8, 4) is 0 Å². The molecule has 0 bridgehead atoms. The zero-order valence-electron chi connectivity index (χ0n) is 16.6. The first-order valence-corrected chi connectivity index (χ1v) is 11.1. The molecule has 0 fully saturated rings. The van der Waals surface area contributed by atoms with Crippen molar-refractivity contribution in [3.05, 3.63) is 61.5 Å². The lowest BCUT2D eigenvalue weighted by Gasteiger charge is -2.16. The van der Waals surface area contributed by atoms with Crippen molar-refractivity contribution in [2.24, 2.45) is 13.0 Å². The number of hydrogen-bond donors (Lipinski definition) is 1. The summed E-state index contributed by atoms with van der Waals surface area (Å²) in [5.41, 5.74) is 0.964. The van der Waals surface area contributed by atoms with E-state index in [1.807, 2.05) is 28.8 Å². The second kappa shape index (κ2) is 9.01. The van der Waals surface area contributed by atoms with Crippen LogP contribution in [0, 0.1) is 5.92 Å². The Balaban J connectivity index is 2.30. The van der Waals surface area contributed by atoms with Crippen LogP contribution in [0.1, 0.15) is 35.6 Å². The van der Waals surface area contributed by atoms with Crippen LogP contribution in [0.15, 0.2) is 33.9 Å². The number of aliphatic hydroxyl groups is 1. The Morgan fingerprint density at radius 2 is 1.83 bits per heavy atom. The van der Waals surface area contributed by atoms with Crippen LogP contribution in [0.25, 0.3) is 11.2 Å². The summed E-state index contributed by atoms with van der Waals surface area (Å²) in [6, 6.07) is 7.47. The summed E-state index contributed by atoms with van der Waals surface area (Å²) >= 11 is 8.35. The molecule has 1 atom stereocenters. The third-order valence-electron chi connectivity index (χ3n) is 4.89. The van der Waals surface area contributed by atoms with Crippen molar-refractivity contribution in [1.29, 1.82) is 0 Å². The number of alkyl halides is 1. The highest BCUT2D eigenvalue weighted by Gasteiger charge is 2.25. The SMILES string of the molecule is CC(C)C(I)c1nc2c(c(=O)n(CCCO)c(=O)n2C)n1Cc1ccc(Cl)cc1. The van der Waals surface area contributed by atoms with Crippen LogP contribution in [0.3, 0.4) is 0 Å². The second-order valence-corrected chi connectivity index (χ2v) is 9.15. The number of benzene rings is 1. The van der Waals surface area contributed by atoms with E-state index in [0.29, 0.717) is 35.1 Å². The summed E-state index contributed by atoms with van der Waals surface area (Å²) < 4.78 is 4.57. The van der Waals surface area contributed by atoms with Crippen LogP contribution in [0.4, 0.5) is 0 Å². The molecule has 2 aromatic heterocycles. The first kappa shape index (κ1) is 22.0. The summed E-state index contributed by atoms with van der Waals surface area (Å²) in [7, 11) is 1.63. The van der Waals surface area contributed by atoms with E-state index in [4.69, 9.17) is 21.7 Å². The van der Waals surface area contributed by atoms with Gasteiger partial charge in [0.05, 0.1) is 3.92 Å². The van der Waals surface area contributed by atoms with E-state index in [1.54, 1.807) is 7.05 Å². The van der Waals surface area contributed by atoms with Gasteiger partial charge in [-0.1, -0.05) is 60.2 Å². The van der Waals surface area contributed by atoms with E-state index in [0.717, 1.165) is 11.4 Å². The zero-order chi connectivity index (χ0) is 21.3. The van der Waals surface area contributed by atoms with Crippen LogP contribution >= 0.6 is 34.2 Å². The molecule has 1 aromatic carbocycles. The van der Waals surface area contributed by atoms with Crippen molar-refractivity contribution in [3.63, 3.8) is 0 Å². The van der Waals surface area contributed by atoms with Crippen molar-refractivity contribution in [1.82, 2.24) is 18.7 Å². The molecule has 0 saturated heterocycles. The van der Waals surface area contributed by atoms with Crippen molar-refractivity contribution in [2.75, 3.05) is 6.61 Å². The molecule has 0 radical (unpaired) electrons. The van der Waals surface area contributed by atoms with Gasteiger partial charge in [0.25, 0.3) is 5.56 Å². The highest BCUT2D eigenvalue weighted by atomic mass is 127. The number of nitrogens with zero attached hydrogens (tertiary/aromatic N) is 4. The fourth-order valence-corrected chi connectivity index (χ4v) is 3.86. The summed E-state index contributed by atoms with van der Waals surface area (Å²) in [6.45, 7) is 4.72. The van der Waals surface area contributed by atoms with Crippen molar-refractivity contribution < 1.29 is 5.11 Å². The topological polar surface area (TPSA) is 82.1 Å². The summed E-state index contributed by atoms with van der Waals surface area (Å²) in [5, 5.41) is 9.79. The van der Waals surface area contributed by atoms with Gasteiger partial charge in [0.1, 0.15) is 5.82 Å². The molecule has 3 aromatic rings. The number of halogens is 2. The number of imidazole rings is 1. The Morgan fingerprint density at radius 3 is 2.41 bits per heavy atom. The van der Waals surface area contributed by atoms with Crippen molar-refractivity contribution >= 4 is 45.4 Å². The fraction of sp³-hybridized carbons (Fsp3) is 0.450. The highest BCUT2D eigenvalue weighted by Crippen LogP contribution is 2.32. The molecule has 3 rings (SSSR count). The van der Waals surface area contributed by atoms with E-state index in [2.05, 4.69) is 36.4 Å². The fourth-order valence-electron chi connectivity index (χ4n) is 3.26. The number of rotatable bonds is 7. The third kappa shape index (κ3) is 4.29. The molecule has 0 aliphatic heterocycles. The Kier molecular flexibility index (Phi) is 6.85. The Labute approximate surface area is 187 Å².